The summed E-state index contributed by atoms with van der Waals surface area (Å²) in [4.78, 5) is 12.4. The molecular weight excluding hydrogens is 338 g/mol. The molecule has 5 rings (SSSR count). The van der Waals surface area contributed by atoms with E-state index in [2.05, 4.69) is 27.4 Å². The molecule has 0 aliphatic heterocycles. The highest BCUT2D eigenvalue weighted by Gasteiger charge is 2.17. The van der Waals surface area contributed by atoms with Crippen molar-refractivity contribution >= 4 is 28.1 Å². The van der Waals surface area contributed by atoms with Crippen LogP contribution in [0.2, 0.25) is 0 Å². The van der Waals surface area contributed by atoms with Crippen molar-refractivity contribution in [3.8, 4) is 17.0 Å². The molecule has 0 fully saturated rings. The monoisotopic (exact) mass is 355 g/mol. The Hall–Kier alpha value is -3.80. The van der Waals surface area contributed by atoms with Gasteiger partial charge in [-0.05, 0) is 30.3 Å². The number of nitrogens with one attached hydrogen (secondary N) is 2. The molecule has 6 heteroatoms. The third kappa shape index (κ3) is 2.58. The van der Waals surface area contributed by atoms with Crippen LogP contribution >= 0.6 is 0 Å². The maximum Gasteiger partial charge on any atom is 0.157 e. The molecule has 0 radical (unpaired) electrons. The lowest BCUT2D eigenvalue weighted by Crippen LogP contribution is -1.97. The fourth-order valence-electron chi connectivity index (χ4n) is 3.29. The zero-order chi connectivity index (χ0) is 18.2. The van der Waals surface area contributed by atoms with Gasteiger partial charge in [0, 0.05) is 40.7 Å². The number of rotatable bonds is 4. The quantitative estimate of drug-likeness (QED) is 0.493. The zero-order valence-corrected chi connectivity index (χ0v) is 14.7. The highest BCUT2D eigenvalue weighted by Crippen LogP contribution is 2.35. The smallest absolute Gasteiger partial charge is 0.157 e. The van der Waals surface area contributed by atoms with E-state index in [1.165, 1.54) is 0 Å². The molecule has 2 N–H and O–H groups in total. The number of ether oxygens (including phenoxy) is 1. The van der Waals surface area contributed by atoms with Gasteiger partial charge in [0.25, 0.3) is 0 Å². The van der Waals surface area contributed by atoms with Crippen molar-refractivity contribution < 1.29 is 4.74 Å². The fraction of sp³-hybridized carbons (Fsp3) is 0.0476. The number of H-pyrrole nitrogens is 1. The van der Waals surface area contributed by atoms with E-state index in [4.69, 9.17) is 9.72 Å². The molecule has 0 aliphatic rings. The number of anilines is 2. The Labute approximate surface area is 155 Å². The van der Waals surface area contributed by atoms with Crippen LogP contribution in [0.15, 0.2) is 73.3 Å². The molecule has 0 saturated carbocycles. The van der Waals surface area contributed by atoms with E-state index in [1.54, 1.807) is 19.5 Å². The molecule has 0 bridgehead atoms. The van der Waals surface area contributed by atoms with Crippen molar-refractivity contribution in [3.63, 3.8) is 0 Å². The number of aromatic nitrogens is 4. The Balaban J connectivity index is 1.69. The lowest BCUT2D eigenvalue weighted by molar-refractivity contribution is 0.415. The summed E-state index contributed by atoms with van der Waals surface area (Å²) in [6.45, 7) is 0. The van der Waals surface area contributed by atoms with Gasteiger partial charge in [0.2, 0.25) is 0 Å². The van der Waals surface area contributed by atoms with Crippen LogP contribution < -0.4 is 10.1 Å². The SMILES string of the molecule is COc1ccc(Nc2c(-c3c[nH]c4ccccc34)nc3cnccn23)cc1. The molecular formula is C21H17N5O. The molecule has 5 aromatic rings. The molecule has 132 valence electrons. The van der Waals surface area contributed by atoms with E-state index in [0.29, 0.717) is 0 Å². The Bertz CT molecular complexity index is 1240. The number of methoxy groups -OCH3 is 1. The second-order valence-corrected chi connectivity index (χ2v) is 6.21. The van der Waals surface area contributed by atoms with Crippen LogP contribution in [-0.4, -0.2) is 26.5 Å². The van der Waals surface area contributed by atoms with Crippen LogP contribution in [0.1, 0.15) is 0 Å². The third-order valence-electron chi connectivity index (χ3n) is 4.63. The summed E-state index contributed by atoms with van der Waals surface area (Å²) in [5, 5.41) is 4.63. The van der Waals surface area contributed by atoms with Gasteiger partial charge in [-0.15, -0.1) is 0 Å². The summed E-state index contributed by atoms with van der Waals surface area (Å²) in [6.07, 6.45) is 7.43. The predicted molar refractivity (Wildman–Crippen MR) is 107 cm³/mol. The summed E-state index contributed by atoms with van der Waals surface area (Å²) in [5.41, 5.74) is 4.74. The highest BCUT2D eigenvalue weighted by atomic mass is 16.5. The van der Waals surface area contributed by atoms with E-state index < -0.39 is 0 Å². The summed E-state index contributed by atoms with van der Waals surface area (Å²) < 4.78 is 7.26. The van der Waals surface area contributed by atoms with Gasteiger partial charge in [-0.3, -0.25) is 9.38 Å². The highest BCUT2D eigenvalue weighted by molar-refractivity contribution is 5.98. The summed E-state index contributed by atoms with van der Waals surface area (Å²) >= 11 is 0. The molecule has 0 atom stereocenters. The lowest BCUT2D eigenvalue weighted by Gasteiger charge is -2.09. The minimum atomic E-state index is 0.786. The number of hydrogen-bond acceptors (Lipinski definition) is 4. The van der Waals surface area contributed by atoms with Crippen LogP contribution in [0, 0.1) is 0 Å². The van der Waals surface area contributed by atoms with Crippen LogP contribution in [0.25, 0.3) is 27.8 Å². The molecule has 0 unspecified atom stereocenters. The van der Waals surface area contributed by atoms with E-state index in [1.807, 2.05) is 53.2 Å². The average Bonchev–Trinajstić information content (AvgIpc) is 3.30. The molecule has 0 aliphatic carbocycles. The molecule has 0 amide bonds. The number of imidazole rings is 1. The first-order valence-electron chi connectivity index (χ1n) is 8.63. The molecule has 0 saturated heterocycles. The minimum absolute atomic E-state index is 0.786. The largest absolute Gasteiger partial charge is 0.497 e. The molecule has 27 heavy (non-hydrogen) atoms. The van der Waals surface area contributed by atoms with Crippen molar-refractivity contribution in [3.05, 3.63) is 73.3 Å². The van der Waals surface area contributed by atoms with Crippen molar-refractivity contribution in [2.45, 2.75) is 0 Å². The summed E-state index contributed by atoms with van der Waals surface area (Å²) in [5.74, 6) is 1.71. The number of hydrogen-bond donors (Lipinski definition) is 2. The van der Waals surface area contributed by atoms with E-state index >= 15 is 0 Å². The number of benzene rings is 2. The fourth-order valence-corrected chi connectivity index (χ4v) is 3.29. The standard InChI is InChI=1S/C21H17N5O/c1-27-15-8-6-14(7-9-15)24-21-20(25-19-13-22-10-11-26(19)21)17-12-23-18-5-3-2-4-16(17)18/h2-13,23-24H,1H3. The second kappa shape index (κ2) is 6.17. The summed E-state index contributed by atoms with van der Waals surface area (Å²) in [6, 6.07) is 16.0. The Morgan fingerprint density at radius 2 is 1.93 bits per heavy atom. The Kier molecular flexibility index (Phi) is 3.53. The molecule has 3 aromatic heterocycles. The first-order valence-corrected chi connectivity index (χ1v) is 8.63. The van der Waals surface area contributed by atoms with E-state index in [0.717, 1.165) is 45.1 Å². The van der Waals surface area contributed by atoms with Crippen LogP contribution in [0.5, 0.6) is 5.75 Å². The van der Waals surface area contributed by atoms with E-state index in [-0.39, 0.29) is 0 Å². The molecule has 0 spiro atoms. The van der Waals surface area contributed by atoms with Crippen molar-refractivity contribution in [1.29, 1.82) is 0 Å². The normalized spacial score (nSPS) is 11.1. The van der Waals surface area contributed by atoms with Gasteiger partial charge in [-0.2, -0.15) is 0 Å². The first-order chi connectivity index (χ1) is 13.3. The number of para-hydroxylation sites is 1. The predicted octanol–water partition coefficient (Wildman–Crippen LogP) is 4.63. The van der Waals surface area contributed by atoms with Gasteiger partial charge in [0.05, 0.1) is 13.3 Å². The first kappa shape index (κ1) is 15.5. The number of fused-ring (bicyclic) bond motifs is 2. The maximum atomic E-state index is 5.25. The topological polar surface area (TPSA) is 67.2 Å². The van der Waals surface area contributed by atoms with Gasteiger partial charge in [-0.1, -0.05) is 18.2 Å². The van der Waals surface area contributed by atoms with Crippen LogP contribution in [0.3, 0.4) is 0 Å². The van der Waals surface area contributed by atoms with E-state index in [9.17, 15) is 0 Å². The lowest BCUT2D eigenvalue weighted by atomic mass is 10.1. The second-order valence-electron chi connectivity index (χ2n) is 6.21. The maximum absolute atomic E-state index is 5.25. The van der Waals surface area contributed by atoms with Crippen molar-refractivity contribution in [1.82, 2.24) is 19.4 Å². The van der Waals surface area contributed by atoms with Gasteiger partial charge >= 0.3 is 0 Å². The Morgan fingerprint density at radius 3 is 2.78 bits per heavy atom. The number of nitrogens with zero attached hydrogens (tertiary/aromatic N) is 3. The molecule has 2 aromatic carbocycles. The van der Waals surface area contributed by atoms with Crippen LogP contribution in [0.4, 0.5) is 11.5 Å². The molecule has 3 heterocycles. The summed E-state index contributed by atoms with van der Waals surface area (Å²) in [7, 11) is 1.66. The number of aromatic amines is 1. The van der Waals surface area contributed by atoms with Crippen LogP contribution in [-0.2, 0) is 0 Å². The van der Waals surface area contributed by atoms with Crippen molar-refractivity contribution in [2.75, 3.05) is 12.4 Å². The third-order valence-corrected chi connectivity index (χ3v) is 4.63. The average molecular weight is 355 g/mol. The Morgan fingerprint density at radius 1 is 1.07 bits per heavy atom. The molecule has 6 nitrogen and oxygen atoms in total. The van der Waals surface area contributed by atoms with Gasteiger partial charge < -0.3 is 15.0 Å². The van der Waals surface area contributed by atoms with Crippen molar-refractivity contribution in [2.24, 2.45) is 0 Å². The van der Waals surface area contributed by atoms with Gasteiger partial charge in [-0.25, -0.2) is 4.98 Å². The minimum Gasteiger partial charge on any atom is -0.497 e. The van der Waals surface area contributed by atoms with Gasteiger partial charge in [0.1, 0.15) is 17.3 Å². The zero-order valence-electron chi connectivity index (χ0n) is 14.7. The van der Waals surface area contributed by atoms with Gasteiger partial charge in [0.15, 0.2) is 5.65 Å².